The van der Waals surface area contributed by atoms with Gasteiger partial charge in [-0.2, -0.15) is 0 Å². The van der Waals surface area contributed by atoms with Crippen molar-refractivity contribution in [3.63, 3.8) is 0 Å². The van der Waals surface area contributed by atoms with E-state index in [1.165, 1.54) is 0 Å². The summed E-state index contributed by atoms with van der Waals surface area (Å²) in [7, 11) is 0. The zero-order valence-electron chi connectivity index (χ0n) is 12.5. The van der Waals surface area contributed by atoms with Gasteiger partial charge in [0.1, 0.15) is 5.88 Å². The molecule has 0 radical (unpaired) electrons. The molecule has 0 unspecified atom stereocenters. The van der Waals surface area contributed by atoms with Crippen molar-refractivity contribution in [3.8, 4) is 0 Å². The number of rotatable bonds is 3. The summed E-state index contributed by atoms with van der Waals surface area (Å²) >= 11 is 5.39. The predicted octanol–water partition coefficient (Wildman–Crippen LogP) is 1.97. The summed E-state index contributed by atoms with van der Waals surface area (Å²) in [6, 6.07) is 5.37. The van der Waals surface area contributed by atoms with Crippen LogP contribution in [0.4, 0.5) is 5.69 Å². The van der Waals surface area contributed by atoms with Crippen molar-refractivity contribution in [3.05, 3.63) is 29.3 Å². The summed E-state index contributed by atoms with van der Waals surface area (Å²) in [6.07, 6.45) is 1.98. The van der Waals surface area contributed by atoms with E-state index in [2.05, 4.69) is 5.32 Å². The number of benzene rings is 1. The monoisotopic (exact) mass is 320 g/mol. The van der Waals surface area contributed by atoms with Crippen LogP contribution in [0.25, 0.3) is 0 Å². The first kappa shape index (κ1) is 15.0. The van der Waals surface area contributed by atoms with Crippen LogP contribution in [0.3, 0.4) is 0 Å². The van der Waals surface area contributed by atoms with Crippen LogP contribution < -0.4 is 10.2 Å². The van der Waals surface area contributed by atoms with E-state index in [-0.39, 0.29) is 17.8 Å². The minimum atomic E-state index is -0.584. The molecule has 0 saturated heterocycles. The molecule has 0 bridgehead atoms. The number of amides is 3. The van der Waals surface area contributed by atoms with Crippen LogP contribution in [0.2, 0.25) is 0 Å². The van der Waals surface area contributed by atoms with Crippen molar-refractivity contribution in [2.75, 3.05) is 10.8 Å². The van der Waals surface area contributed by atoms with E-state index in [0.29, 0.717) is 5.56 Å². The lowest BCUT2D eigenvalue weighted by atomic mass is 9.86. The molecule has 1 aliphatic carbocycles. The summed E-state index contributed by atoms with van der Waals surface area (Å²) in [5.74, 6) is -1.24. The Balaban J connectivity index is 1.98. The van der Waals surface area contributed by atoms with Gasteiger partial charge in [0.2, 0.25) is 11.8 Å². The Morgan fingerprint density at radius 3 is 2.64 bits per heavy atom. The first-order valence-corrected chi connectivity index (χ1v) is 7.78. The van der Waals surface area contributed by atoms with Gasteiger partial charge < -0.3 is 4.90 Å². The molecule has 0 atom stereocenters. The highest BCUT2D eigenvalue weighted by Crippen LogP contribution is 2.46. The molecule has 3 rings (SSSR count). The highest BCUT2D eigenvalue weighted by atomic mass is 35.5. The molecule has 0 aromatic heterocycles. The third-order valence-corrected chi connectivity index (χ3v) is 4.48. The average molecular weight is 321 g/mol. The van der Waals surface area contributed by atoms with Crippen LogP contribution in [-0.4, -0.2) is 29.6 Å². The zero-order chi connectivity index (χ0) is 16.1. The summed E-state index contributed by atoms with van der Waals surface area (Å²) < 4.78 is 0. The van der Waals surface area contributed by atoms with Gasteiger partial charge in [-0.15, -0.1) is 11.6 Å². The summed E-state index contributed by atoms with van der Waals surface area (Å²) in [6.45, 7) is 3.79. The minimum Gasteiger partial charge on any atom is -0.308 e. The van der Waals surface area contributed by atoms with Gasteiger partial charge in [-0.1, -0.05) is 6.07 Å². The molecule has 3 amide bonds. The standard InChI is InChI=1S/C16H17ClN2O3/c1-16(2)11-6-3-9(14(21)18-13(20)8-17)7-12(11)19(15(16)22)10-4-5-10/h3,6-7,10H,4-5,8H2,1-2H3,(H,18,20,21). The Hall–Kier alpha value is -1.88. The van der Waals surface area contributed by atoms with Gasteiger partial charge in [0.25, 0.3) is 5.91 Å². The molecule has 1 aliphatic heterocycles. The molecule has 0 spiro atoms. The van der Waals surface area contributed by atoms with Gasteiger partial charge >= 0.3 is 0 Å². The number of carbonyl (C=O) groups is 3. The maximum Gasteiger partial charge on any atom is 0.257 e. The molecule has 1 aromatic rings. The van der Waals surface area contributed by atoms with Crippen molar-refractivity contribution in [1.82, 2.24) is 5.32 Å². The second-order valence-electron chi connectivity index (χ2n) is 6.27. The van der Waals surface area contributed by atoms with E-state index in [1.807, 2.05) is 13.8 Å². The van der Waals surface area contributed by atoms with Crippen molar-refractivity contribution in [2.45, 2.75) is 38.1 Å². The molecule has 1 fully saturated rings. The molecule has 116 valence electrons. The van der Waals surface area contributed by atoms with Gasteiger partial charge in [0, 0.05) is 17.3 Å². The number of nitrogens with zero attached hydrogens (tertiary/aromatic N) is 1. The van der Waals surface area contributed by atoms with E-state index >= 15 is 0 Å². The largest absolute Gasteiger partial charge is 0.308 e. The molecule has 1 heterocycles. The maximum atomic E-state index is 12.6. The Morgan fingerprint density at radius 1 is 1.36 bits per heavy atom. The summed E-state index contributed by atoms with van der Waals surface area (Å²) in [4.78, 5) is 37.7. The molecule has 22 heavy (non-hydrogen) atoms. The second kappa shape index (κ2) is 5.09. The summed E-state index contributed by atoms with van der Waals surface area (Å²) in [5.41, 5.74) is 1.47. The third kappa shape index (κ3) is 2.29. The maximum absolute atomic E-state index is 12.6. The number of halogens is 1. The first-order chi connectivity index (χ1) is 10.4. The van der Waals surface area contributed by atoms with Crippen LogP contribution >= 0.6 is 11.6 Å². The van der Waals surface area contributed by atoms with E-state index in [0.717, 1.165) is 24.1 Å². The molecular weight excluding hydrogens is 304 g/mol. The number of carbonyl (C=O) groups excluding carboxylic acids is 3. The Kier molecular flexibility index (Phi) is 3.48. The number of alkyl halides is 1. The minimum absolute atomic E-state index is 0.0689. The lowest BCUT2D eigenvalue weighted by molar-refractivity contribution is -0.122. The number of fused-ring (bicyclic) bond motifs is 1. The van der Waals surface area contributed by atoms with Crippen molar-refractivity contribution < 1.29 is 14.4 Å². The normalized spacial score (nSPS) is 19.0. The topological polar surface area (TPSA) is 66.5 Å². The first-order valence-electron chi connectivity index (χ1n) is 7.24. The summed E-state index contributed by atoms with van der Waals surface area (Å²) in [5, 5.41) is 2.22. The van der Waals surface area contributed by atoms with Gasteiger partial charge in [0.05, 0.1) is 5.41 Å². The molecule has 5 nitrogen and oxygen atoms in total. The predicted molar refractivity (Wildman–Crippen MR) is 83.2 cm³/mol. The lowest BCUT2D eigenvalue weighted by Gasteiger charge is -2.19. The Bertz CT molecular complexity index is 680. The van der Waals surface area contributed by atoms with Crippen molar-refractivity contribution >= 4 is 35.0 Å². The fourth-order valence-corrected chi connectivity index (χ4v) is 2.92. The van der Waals surface area contributed by atoms with E-state index < -0.39 is 17.2 Å². The fourth-order valence-electron chi connectivity index (χ4n) is 2.85. The Labute approximate surface area is 133 Å². The van der Waals surface area contributed by atoms with Crippen LogP contribution in [-0.2, 0) is 15.0 Å². The van der Waals surface area contributed by atoms with Crippen LogP contribution in [0.1, 0.15) is 42.6 Å². The second-order valence-corrected chi connectivity index (χ2v) is 6.54. The fraction of sp³-hybridized carbons (Fsp3) is 0.438. The van der Waals surface area contributed by atoms with Gasteiger partial charge in [0.15, 0.2) is 0 Å². The lowest BCUT2D eigenvalue weighted by Crippen LogP contribution is -2.37. The molecule has 6 heteroatoms. The van der Waals surface area contributed by atoms with Gasteiger partial charge in [-0.25, -0.2) is 0 Å². The van der Waals surface area contributed by atoms with Crippen LogP contribution in [0.15, 0.2) is 18.2 Å². The van der Waals surface area contributed by atoms with Crippen molar-refractivity contribution in [1.29, 1.82) is 0 Å². The number of hydrogen-bond acceptors (Lipinski definition) is 3. The smallest absolute Gasteiger partial charge is 0.257 e. The quantitative estimate of drug-likeness (QED) is 0.866. The van der Waals surface area contributed by atoms with E-state index in [9.17, 15) is 14.4 Å². The number of nitrogens with one attached hydrogen (secondary N) is 1. The Morgan fingerprint density at radius 2 is 2.05 bits per heavy atom. The van der Waals surface area contributed by atoms with Crippen LogP contribution in [0.5, 0.6) is 0 Å². The number of anilines is 1. The highest BCUT2D eigenvalue weighted by Gasteiger charge is 2.49. The molecular formula is C16H17ClN2O3. The van der Waals surface area contributed by atoms with E-state index in [1.54, 1.807) is 23.1 Å². The van der Waals surface area contributed by atoms with Gasteiger partial charge in [-0.05, 0) is 44.4 Å². The van der Waals surface area contributed by atoms with E-state index in [4.69, 9.17) is 11.6 Å². The molecule has 2 aliphatic rings. The highest BCUT2D eigenvalue weighted by molar-refractivity contribution is 6.29. The number of hydrogen-bond donors (Lipinski definition) is 1. The molecule has 1 N–H and O–H groups in total. The third-order valence-electron chi connectivity index (χ3n) is 4.23. The molecule has 1 aromatic carbocycles. The van der Waals surface area contributed by atoms with Crippen LogP contribution in [0, 0.1) is 0 Å². The zero-order valence-corrected chi connectivity index (χ0v) is 13.2. The average Bonchev–Trinajstić information content (AvgIpc) is 3.28. The van der Waals surface area contributed by atoms with Crippen molar-refractivity contribution in [2.24, 2.45) is 0 Å². The number of imide groups is 1. The van der Waals surface area contributed by atoms with Gasteiger partial charge in [-0.3, -0.25) is 19.7 Å². The SMILES string of the molecule is CC1(C)C(=O)N(C2CC2)c2cc(C(=O)NC(=O)CCl)ccc21. The molecule has 1 saturated carbocycles.